The molecule has 0 saturated heterocycles. The van der Waals surface area contributed by atoms with Crippen molar-refractivity contribution in [2.24, 2.45) is 7.05 Å². The Hall–Kier alpha value is -3.31. The summed E-state index contributed by atoms with van der Waals surface area (Å²) in [7, 11) is 1.85. The van der Waals surface area contributed by atoms with Crippen molar-refractivity contribution in [3.63, 3.8) is 0 Å². The molecule has 0 aliphatic heterocycles. The van der Waals surface area contributed by atoms with Crippen LogP contribution in [0.2, 0.25) is 0 Å². The minimum absolute atomic E-state index is 0.0862. The van der Waals surface area contributed by atoms with E-state index in [2.05, 4.69) is 54.5 Å². The van der Waals surface area contributed by atoms with Crippen LogP contribution in [-0.2, 0) is 17.3 Å². The molecule has 0 aliphatic carbocycles. The van der Waals surface area contributed by atoms with Gasteiger partial charge in [-0.3, -0.25) is 4.79 Å². The number of nitriles is 1. The van der Waals surface area contributed by atoms with Crippen molar-refractivity contribution in [2.75, 3.05) is 11.1 Å². The van der Waals surface area contributed by atoms with Gasteiger partial charge in [0.25, 0.3) is 0 Å². The molecule has 2 aromatic carbocycles. The third-order valence-electron chi connectivity index (χ3n) is 4.92. The number of thioether (sulfide) groups is 1. The number of amides is 1. The van der Waals surface area contributed by atoms with Gasteiger partial charge in [-0.2, -0.15) is 5.26 Å². The lowest BCUT2D eigenvalue weighted by atomic mass is 9.87. The highest BCUT2D eigenvalue weighted by Gasteiger charge is 2.19. The smallest absolute Gasteiger partial charge is 0.234 e. The molecule has 8 heteroatoms. The lowest BCUT2D eigenvalue weighted by Gasteiger charge is -2.20. The largest absolute Gasteiger partial charge is 0.483 e. The van der Waals surface area contributed by atoms with Crippen molar-refractivity contribution < 1.29 is 9.53 Å². The second kappa shape index (κ2) is 9.88. The summed E-state index contributed by atoms with van der Waals surface area (Å²) in [6.07, 6.45) is -0.307. The Balaban J connectivity index is 1.60. The number of aromatic nitrogens is 3. The van der Waals surface area contributed by atoms with E-state index in [1.54, 1.807) is 24.3 Å². The van der Waals surface area contributed by atoms with E-state index in [9.17, 15) is 4.79 Å². The Labute approximate surface area is 192 Å². The normalized spacial score (nSPS) is 12.1. The Morgan fingerprint density at radius 2 is 1.88 bits per heavy atom. The Bertz CT molecular complexity index is 1130. The van der Waals surface area contributed by atoms with E-state index in [1.165, 1.54) is 17.3 Å². The molecule has 0 aliphatic rings. The van der Waals surface area contributed by atoms with Crippen LogP contribution in [0, 0.1) is 11.3 Å². The van der Waals surface area contributed by atoms with E-state index in [1.807, 2.05) is 30.7 Å². The van der Waals surface area contributed by atoms with Crippen LogP contribution in [0.25, 0.3) is 0 Å². The average molecular weight is 450 g/mol. The third kappa shape index (κ3) is 5.68. The molecule has 1 heterocycles. The van der Waals surface area contributed by atoms with Gasteiger partial charge in [-0.1, -0.05) is 56.8 Å². The maximum absolute atomic E-state index is 12.3. The molecule has 32 heavy (non-hydrogen) atoms. The second-order valence-electron chi connectivity index (χ2n) is 8.43. The first-order chi connectivity index (χ1) is 15.2. The van der Waals surface area contributed by atoms with E-state index < -0.39 is 0 Å². The van der Waals surface area contributed by atoms with Gasteiger partial charge in [0, 0.05) is 7.05 Å². The highest BCUT2D eigenvalue weighted by Crippen LogP contribution is 2.27. The lowest BCUT2D eigenvalue weighted by Crippen LogP contribution is -2.15. The molecule has 3 rings (SSSR count). The van der Waals surface area contributed by atoms with Crippen LogP contribution in [-0.4, -0.2) is 26.4 Å². The van der Waals surface area contributed by atoms with E-state index in [0.717, 1.165) is 5.75 Å². The van der Waals surface area contributed by atoms with E-state index in [4.69, 9.17) is 10.00 Å². The van der Waals surface area contributed by atoms with Crippen molar-refractivity contribution in [1.29, 1.82) is 5.26 Å². The summed E-state index contributed by atoms with van der Waals surface area (Å²) in [6.45, 7) is 8.44. The van der Waals surface area contributed by atoms with Gasteiger partial charge in [0.15, 0.2) is 17.1 Å². The molecule has 7 nitrogen and oxygen atoms in total. The molecule has 0 radical (unpaired) electrons. The molecule has 3 aromatic rings. The summed E-state index contributed by atoms with van der Waals surface area (Å²) in [4.78, 5) is 12.3. The highest BCUT2D eigenvalue weighted by atomic mass is 32.2. The molecule has 1 atom stereocenters. The molecular weight excluding hydrogens is 422 g/mol. The van der Waals surface area contributed by atoms with Crippen LogP contribution in [0.3, 0.4) is 0 Å². The van der Waals surface area contributed by atoms with Gasteiger partial charge < -0.3 is 14.6 Å². The fraction of sp³-hybridized carbons (Fsp3) is 0.333. The number of nitrogens with one attached hydrogen (secondary N) is 1. The number of carbonyl (C=O) groups excluding carboxylic acids is 1. The maximum Gasteiger partial charge on any atom is 0.234 e. The zero-order chi connectivity index (χ0) is 23.3. The zero-order valence-corrected chi connectivity index (χ0v) is 19.7. The van der Waals surface area contributed by atoms with Crippen LogP contribution >= 0.6 is 11.8 Å². The number of hydrogen-bond acceptors (Lipinski definition) is 6. The van der Waals surface area contributed by atoms with Crippen molar-refractivity contribution in [1.82, 2.24) is 14.8 Å². The van der Waals surface area contributed by atoms with Gasteiger partial charge in [-0.05, 0) is 42.2 Å². The topological polar surface area (TPSA) is 92.8 Å². The average Bonchev–Trinajstić information content (AvgIpc) is 3.13. The van der Waals surface area contributed by atoms with Gasteiger partial charge >= 0.3 is 0 Å². The number of para-hydroxylation sites is 1. The van der Waals surface area contributed by atoms with Crippen LogP contribution in [0.15, 0.2) is 53.7 Å². The van der Waals surface area contributed by atoms with Crippen molar-refractivity contribution in [3.05, 3.63) is 65.5 Å². The molecule has 0 saturated carbocycles. The number of rotatable bonds is 7. The summed E-state index contributed by atoms with van der Waals surface area (Å²) in [6, 6.07) is 17.0. The monoisotopic (exact) mass is 449 g/mol. The first kappa shape index (κ1) is 23.4. The Morgan fingerprint density at radius 1 is 1.19 bits per heavy atom. The SMILES string of the molecule is CC(Oc1ccc(C(C)(C)C)cc1)c1nnc(SCC(=O)Nc2ccccc2C#N)n1C. The predicted octanol–water partition coefficient (Wildman–Crippen LogP) is 4.86. The zero-order valence-electron chi connectivity index (χ0n) is 18.9. The van der Waals surface area contributed by atoms with Gasteiger partial charge in [-0.25, -0.2) is 0 Å². The number of benzene rings is 2. The van der Waals surface area contributed by atoms with Crippen molar-refractivity contribution in [3.8, 4) is 11.8 Å². The number of ether oxygens (including phenoxy) is 1. The minimum atomic E-state index is -0.307. The van der Waals surface area contributed by atoms with Crippen molar-refractivity contribution >= 4 is 23.4 Å². The number of anilines is 1. The first-order valence-electron chi connectivity index (χ1n) is 10.3. The van der Waals surface area contributed by atoms with E-state index in [-0.39, 0.29) is 23.2 Å². The number of hydrogen-bond donors (Lipinski definition) is 1. The Kier molecular flexibility index (Phi) is 7.21. The summed E-state index contributed by atoms with van der Waals surface area (Å²) in [5, 5.41) is 21.0. The number of nitrogens with zero attached hydrogens (tertiary/aromatic N) is 4. The molecule has 1 unspecified atom stereocenters. The molecular formula is C24H27N5O2S. The fourth-order valence-electron chi connectivity index (χ4n) is 3.10. The summed E-state index contributed by atoms with van der Waals surface area (Å²) in [5.74, 6) is 1.36. The molecule has 1 aromatic heterocycles. The third-order valence-corrected chi connectivity index (χ3v) is 5.94. The highest BCUT2D eigenvalue weighted by molar-refractivity contribution is 7.99. The summed E-state index contributed by atoms with van der Waals surface area (Å²) >= 11 is 1.28. The van der Waals surface area contributed by atoms with Gasteiger partial charge in [0.2, 0.25) is 5.91 Å². The molecule has 1 amide bonds. The van der Waals surface area contributed by atoms with Crippen molar-refractivity contribution in [2.45, 2.75) is 44.4 Å². The quantitative estimate of drug-likeness (QED) is 0.518. The molecule has 0 bridgehead atoms. The minimum Gasteiger partial charge on any atom is -0.483 e. The second-order valence-corrected chi connectivity index (χ2v) is 9.37. The van der Waals surface area contributed by atoms with Gasteiger partial charge in [0.05, 0.1) is 17.0 Å². The first-order valence-corrected chi connectivity index (χ1v) is 11.3. The standard InChI is InChI=1S/C24H27N5O2S/c1-16(31-19-12-10-18(11-13-19)24(2,3)4)22-27-28-23(29(22)5)32-15-21(30)26-20-9-7-6-8-17(20)14-25/h6-13,16H,15H2,1-5H3,(H,26,30). The molecule has 166 valence electrons. The summed E-state index contributed by atoms with van der Waals surface area (Å²) < 4.78 is 7.88. The summed E-state index contributed by atoms with van der Waals surface area (Å²) in [5.41, 5.74) is 2.25. The molecule has 1 N–H and O–H groups in total. The predicted molar refractivity (Wildman–Crippen MR) is 126 cm³/mol. The maximum atomic E-state index is 12.3. The van der Waals surface area contributed by atoms with E-state index >= 15 is 0 Å². The fourth-order valence-corrected chi connectivity index (χ4v) is 3.82. The van der Waals surface area contributed by atoms with Crippen LogP contribution in [0.4, 0.5) is 5.69 Å². The van der Waals surface area contributed by atoms with Crippen LogP contribution in [0.5, 0.6) is 5.75 Å². The van der Waals surface area contributed by atoms with Gasteiger partial charge in [0.1, 0.15) is 11.8 Å². The van der Waals surface area contributed by atoms with Crippen LogP contribution < -0.4 is 10.1 Å². The lowest BCUT2D eigenvalue weighted by molar-refractivity contribution is -0.113. The number of carbonyl (C=O) groups is 1. The molecule has 0 spiro atoms. The van der Waals surface area contributed by atoms with Gasteiger partial charge in [-0.15, -0.1) is 10.2 Å². The molecule has 0 fully saturated rings. The van der Waals surface area contributed by atoms with Crippen LogP contribution in [0.1, 0.15) is 50.8 Å². The Morgan fingerprint density at radius 3 is 2.53 bits per heavy atom. The van der Waals surface area contributed by atoms with E-state index in [0.29, 0.717) is 22.2 Å².